The van der Waals surface area contributed by atoms with Gasteiger partial charge in [0.05, 0.1) is 4.92 Å². The minimum atomic E-state index is -0.594. The van der Waals surface area contributed by atoms with E-state index >= 15 is 0 Å². The first kappa shape index (κ1) is 18.6. The minimum absolute atomic E-state index is 0.0282. The zero-order chi connectivity index (χ0) is 19.2. The van der Waals surface area contributed by atoms with Gasteiger partial charge >= 0.3 is 0 Å². The molecule has 0 bridgehead atoms. The number of benzene rings is 2. The number of amides is 2. The van der Waals surface area contributed by atoms with Crippen molar-refractivity contribution in [1.29, 1.82) is 0 Å². The molecule has 7 nitrogen and oxygen atoms in total. The first-order valence-corrected chi connectivity index (χ1v) is 9.00. The van der Waals surface area contributed by atoms with Gasteiger partial charge in [0.1, 0.15) is 5.56 Å². The summed E-state index contributed by atoms with van der Waals surface area (Å²) in [5.74, 6) is -0.768. The van der Waals surface area contributed by atoms with Crippen molar-refractivity contribution in [1.82, 2.24) is 5.32 Å². The fourth-order valence-electron chi connectivity index (χ4n) is 3.28. The predicted molar refractivity (Wildman–Crippen MR) is 102 cm³/mol. The summed E-state index contributed by atoms with van der Waals surface area (Å²) in [5, 5.41) is 16.7. The Bertz CT molecular complexity index is 860. The maximum atomic E-state index is 12.5. The summed E-state index contributed by atoms with van der Waals surface area (Å²) in [6, 6.07) is 12.5. The third-order valence-electron chi connectivity index (χ3n) is 4.67. The molecule has 0 radical (unpaired) electrons. The van der Waals surface area contributed by atoms with E-state index < -0.39 is 10.8 Å². The molecule has 2 aromatic rings. The molecular formula is C20H21N3O4. The summed E-state index contributed by atoms with van der Waals surface area (Å²) in [6.07, 6.45) is 5.42. The summed E-state index contributed by atoms with van der Waals surface area (Å²) < 4.78 is 0. The molecule has 0 aromatic heterocycles. The highest BCUT2D eigenvalue weighted by Gasteiger charge is 2.20. The number of carbonyl (C=O) groups excluding carboxylic acids is 2. The Morgan fingerprint density at radius 2 is 1.70 bits per heavy atom. The Hall–Kier alpha value is -3.22. The molecule has 7 heteroatoms. The number of nitro groups is 1. The van der Waals surface area contributed by atoms with Crippen molar-refractivity contribution in [3.05, 3.63) is 69.8 Å². The summed E-state index contributed by atoms with van der Waals surface area (Å²) in [6.45, 7) is 0. The second-order valence-electron chi connectivity index (χ2n) is 6.62. The standard InChI is InChI=1S/C20H21N3O4/c24-19(21-15-8-2-1-3-9-15)14-7-6-10-16(13-14)22-20(25)17-11-4-5-12-18(17)23(26)27/h4-7,10-13,15H,1-3,8-9H2,(H,21,24)(H,22,25). The van der Waals surface area contributed by atoms with Crippen LogP contribution >= 0.6 is 0 Å². The van der Waals surface area contributed by atoms with Crippen LogP contribution in [0.3, 0.4) is 0 Å². The number of nitro benzene ring substituents is 1. The van der Waals surface area contributed by atoms with Crippen LogP contribution in [0.2, 0.25) is 0 Å². The van der Waals surface area contributed by atoms with Crippen molar-refractivity contribution in [3.8, 4) is 0 Å². The normalized spacial score (nSPS) is 14.4. The Morgan fingerprint density at radius 3 is 2.44 bits per heavy atom. The zero-order valence-electron chi connectivity index (χ0n) is 14.8. The molecule has 1 saturated carbocycles. The molecule has 1 aliphatic carbocycles. The van der Waals surface area contributed by atoms with Crippen LogP contribution in [0, 0.1) is 10.1 Å². The summed E-state index contributed by atoms with van der Waals surface area (Å²) in [4.78, 5) is 35.4. The van der Waals surface area contributed by atoms with Gasteiger partial charge in [-0.2, -0.15) is 0 Å². The highest BCUT2D eigenvalue weighted by atomic mass is 16.6. The molecule has 2 aromatic carbocycles. The van der Waals surface area contributed by atoms with Crippen LogP contribution in [0.4, 0.5) is 11.4 Å². The van der Waals surface area contributed by atoms with Crippen LogP contribution in [-0.2, 0) is 0 Å². The van der Waals surface area contributed by atoms with Crippen LogP contribution in [0.15, 0.2) is 48.5 Å². The largest absolute Gasteiger partial charge is 0.349 e. The van der Waals surface area contributed by atoms with E-state index in [1.165, 1.54) is 24.6 Å². The van der Waals surface area contributed by atoms with E-state index in [0.717, 1.165) is 25.7 Å². The van der Waals surface area contributed by atoms with Gasteiger partial charge in [0.2, 0.25) is 0 Å². The van der Waals surface area contributed by atoms with Gasteiger partial charge in [0, 0.05) is 23.4 Å². The Labute approximate surface area is 156 Å². The summed E-state index contributed by atoms with van der Waals surface area (Å²) >= 11 is 0. The molecule has 27 heavy (non-hydrogen) atoms. The molecule has 2 N–H and O–H groups in total. The number of hydrogen-bond acceptors (Lipinski definition) is 4. The van der Waals surface area contributed by atoms with Gasteiger partial charge in [0.25, 0.3) is 17.5 Å². The lowest BCUT2D eigenvalue weighted by atomic mass is 9.95. The van der Waals surface area contributed by atoms with E-state index in [9.17, 15) is 19.7 Å². The fraction of sp³-hybridized carbons (Fsp3) is 0.300. The average molecular weight is 367 g/mol. The van der Waals surface area contributed by atoms with E-state index in [2.05, 4.69) is 10.6 Å². The van der Waals surface area contributed by atoms with Gasteiger partial charge in [-0.15, -0.1) is 0 Å². The van der Waals surface area contributed by atoms with Crippen LogP contribution in [-0.4, -0.2) is 22.8 Å². The van der Waals surface area contributed by atoms with E-state index in [1.807, 2.05) is 0 Å². The number of nitrogens with zero attached hydrogens (tertiary/aromatic N) is 1. The number of para-hydroxylation sites is 1. The second kappa shape index (κ2) is 8.44. The van der Waals surface area contributed by atoms with Crippen LogP contribution < -0.4 is 10.6 Å². The molecule has 0 spiro atoms. The van der Waals surface area contributed by atoms with Crippen LogP contribution in [0.1, 0.15) is 52.8 Å². The number of nitrogens with one attached hydrogen (secondary N) is 2. The highest BCUT2D eigenvalue weighted by molar-refractivity contribution is 6.07. The van der Waals surface area contributed by atoms with E-state index in [4.69, 9.17) is 0 Å². The molecule has 0 saturated heterocycles. The predicted octanol–water partition coefficient (Wildman–Crippen LogP) is 3.91. The lowest BCUT2D eigenvalue weighted by molar-refractivity contribution is -0.385. The highest BCUT2D eigenvalue weighted by Crippen LogP contribution is 2.21. The molecule has 0 heterocycles. The Morgan fingerprint density at radius 1 is 0.963 bits per heavy atom. The SMILES string of the molecule is O=C(NC1CCCCC1)c1cccc(NC(=O)c2ccccc2[N+](=O)[O-])c1. The monoisotopic (exact) mass is 367 g/mol. The minimum Gasteiger partial charge on any atom is -0.349 e. The quantitative estimate of drug-likeness (QED) is 0.618. The molecular weight excluding hydrogens is 346 g/mol. The molecule has 2 amide bonds. The lowest BCUT2D eigenvalue weighted by Crippen LogP contribution is -2.36. The molecule has 3 rings (SSSR count). The fourth-order valence-corrected chi connectivity index (χ4v) is 3.28. The van der Waals surface area contributed by atoms with Crippen molar-refractivity contribution in [3.63, 3.8) is 0 Å². The molecule has 0 aliphatic heterocycles. The molecule has 1 fully saturated rings. The smallest absolute Gasteiger partial charge is 0.282 e. The maximum Gasteiger partial charge on any atom is 0.282 e. The van der Waals surface area contributed by atoms with E-state index in [0.29, 0.717) is 11.3 Å². The van der Waals surface area contributed by atoms with E-state index in [1.54, 1.807) is 30.3 Å². The zero-order valence-corrected chi connectivity index (χ0v) is 14.8. The topological polar surface area (TPSA) is 101 Å². The van der Waals surface area contributed by atoms with Gasteiger partial charge in [-0.25, -0.2) is 0 Å². The van der Waals surface area contributed by atoms with Gasteiger partial charge in [-0.05, 0) is 37.1 Å². The second-order valence-corrected chi connectivity index (χ2v) is 6.62. The maximum absolute atomic E-state index is 12.5. The molecule has 0 atom stereocenters. The Balaban J connectivity index is 1.71. The number of carbonyl (C=O) groups is 2. The van der Waals surface area contributed by atoms with Crippen LogP contribution in [0.5, 0.6) is 0 Å². The first-order chi connectivity index (χ1) is 13.0. The van der Waals surface area contributed by atoms with Gasteiger partial charge in [0.15, 0.2) is 0 Å². The number of hydrogen-bond donors (Lipinski definition) is 2. The molecule has 140 valence electrons. The van der Waals surface area contributed by atoms with Crippen molar-refractivity contribution < 1.29 is 14.5 Å². The van der Waals surface area contributed by atoms with Gasteiger partial charge < -0.3 is 10.6 Å². The molecule has 1 aliphatic rings. The third kappa shape index (κ3) is 4.69. The number of anilines is 1. The van der Waals surface area contributed by atoms with Crippen molar-refractivity contribution in [2.24, 2.45) is 0 Å². The number of rotatable bonds is 5. The molecule has 0 unspecified atom stereocenters. The lowest BCUT2D eigenvalue weighted by Gasteiger charge is -2.22. The van der Waals surface area contributed by atoms with Crippen molar-refractivity contribution in [2.45, 2.75) is 38.1 Å². The van der Waals surface area contributed by atoms with Gasteiger partial charge in [-0.3, -0.25) is 19.7 Å². The van der Waals surface area contributed by atoms with Crippen molar-refractivity contribution >= 4 is 23.2 Å². The first-order valence-electron chi connectivity index (χ1n) is 9.00. The van der Waals surface area contributed by atoms with Gasteiger partial charge in [-0.1, -0.05) is 37.5 Å². The summed E-state index contributed by atoms with van der Waals surface area (Å²) in [7, 11) is 0. The Kier molecular flexibility index (Phi) is 5.80. The van der Waals surface area contributed by atoms with E-state index in [-0.39, 0.29) is 23.2 Å². The average Bonchev–Trinajstić information content (AvgIpc) is 2.69. The van der Waals surface area contributed by atoms with Crippen LogP contribution in [0.25, 0.3) is 0 Å². The summed E-state index contributed by atoms with van der Waals surface area (Å²) in [5.41, 5.74) is 0.566. The van der Waals surface area contributed by atoms with Crippen molar-refractivity contribution in [2.75, 3.05) is 5.32 Å². The third-order valence-corrected chi connectivity index (χ3v) is 4.67.